The van der Waals surface area contributed by atoms with E-state index in [0.29, 0.717) is 17.6 Å². The molecule has 0 unspecified atom stereocenters. The quantitative estimate of drug-likeness (QED) is 0.872. The largest absolute Gasteiger partial charge is 0.474 e. The van der Waals surface area contributed by atoms with Gasteiger partial charge in [0.05, 0.1) is 5.52 Å². The van der Waals surface area contributed by atoms with Crippen LogP contribution in [0.5, 0.6) is 5.88 Å². The second-order valence-electron chi connectivity index (χ2n) is 6.12. The van der Waals surface area contributed by atoms with Crippen LogP contribution in [0.15, 0.2) is 24.5 Å². The van der Waals surface area contributed by atoms with Crippen LogP contribution in [0.25, 0.3) is 10.9 Å². The first-order valence-electron chi connectivity index (χ1n) is 7.10. The number of nitrogens with zero attached hydrogens (tertiary/aromatic N) is 3. The molecule has 0 aliphatic heterocycles. The minimum atomic E-state index is -0.680. The third kappa shape index (κ3) is 4.38. The van der Waals surface area contributed by atoms with Gasteiger partial charge in [0.1, 0.15) is 24.3 Å². The molecular weight excluding hydrogens is 280 g/mol. The van der Waals surface area contributed by atoms with E-state index in [2.05, 4.69) is 21.4 Å². The molecule has 6 nitrogen and oxygen atoms in total. The van der Waals surface area contributed by atoms with Crippen molar-refractivity contribution >= 4 is 10.9 Å². The molecule has 1 atom stereocenters. The maximum absolute atomic E-state index is 9.94. The summed E-state index contributed by atoms with van der Waals surface area (Å²) in [6.07, 6.45) is 2.60. The van der Waals surface area contributed by atoms with Crippen molar-refractivity contribution in [3.63, 3.8) is 0 Å². The van der Waals surface area contributed by atoms with Crippen molar-refractivity contribution in [2.45, 2.75) is 32.4 Å². The number of pyridine rings is 2. The van der Waals surface area contributed by atoms with Crippen LogP contribution < -0.4 is 10.1 Å². The number of aliphatic hydroxyl groups excluding tert-OH is 1. The minimum absolute atomic E-state index is 0.0708. The second kappa shape index (κ2) is 6.69. The van der Waals surface area contributed by atoms with E-state index in [9.17, 15) is 10.4 Å². The summed E-state index contributed by atoms with van der Waals surface area (Å²) in [6.45, 7) is 6.54. The minimum Gasteiger partial charge on any atom is -0.474 e. The molecule has 0 aromatic carbocycles. The van der Waals surface area contributed by atoms with Gasteiger partial charge in [-0.3, -0.25) is 4.98 Å². The Morgan fingerprint density at radius 1 is 1.45 bits per heavy atom. The van der Waals surface area contributed by atoms with Crippen molar-refractivity contribution in [1.82, 2.24) is 15.3 Å². The molecule has 6 heteroatoms. The molecule has 0 spiro atoms. The molecule has 0 amide bonds. The summed E-state index contributed by atoms with van der Waals surface area (Å²) in [5, 5.41) is 23.1. The fourth-order valence-electron chi connectivity index (χ4n) is 1.85. The van der Waals surface area contributed by atoms with E-state index in [1.165, 1.54) is 0 Å². The number of β-amino-alcohol motifs (C(OH)–C–C–N with tert-alkyl or cyclic N) is 1. The molecule has 2 aromatic heterocycles. The third-order valence-electron chi connectivity index (χ3n) is 2.98. The SMILES string of the molecule is CC(C)(C)NC[C@H](O)COc1nc2ccncc2cc1C#N. The fraction of sp³-hybridized carbons (Fsp3) is 0.438. The average Bonchev–Trinajstić information content (AvgIpc) is 2.49. The lowest BCUT2D eigenvalue weighted by Gasteiger charge is -2.22. The van der Waals surface area contributed by atoms with E-state index in [1.54, 1.807) is 24.5 Å². The summed E-state index contributed by atoms with van der Waals surface area (Å²) in [6, 6.07) is 5.49. The van der Waals surface area contributed by atoms with Gasteiger partial charge in [0.25, 0.3) is 0 Å². The van der Waals surface area contributed by atoms with Gasteiger partial charge < -0.3 is 15.2 Å². The van der Waals surface area contributed by atoms with Gasteiger partial charge in [-0.15, -0.1) is 0 Å². The van der Waals surface area contributed by atoms with Gasteiger partial charge >= 0.3 is 0 Å². The third-order valence-corrected chi connectivity index (χ3v) is 2.98. The highest BCUT2D eigenvalue weighted by Gasteiger charge is 2.14. The first-order chi connectivity index (χ1) is 10.4. The number of aliphatic hydroxyl groups is 1. The van der Waals surface area contributed by atoms with Crippen LogP contribution in [0.4, 0.5) is 0 Å². The van der Waals surface area contributed by atoms with Crippen molar-refractivity contribution in [1.29, 1.82) is 5.26 Å². The number of rotatable bonds is 5. The van der Waals surface area contributed by atoms with Gasteiger partial charge in [-0.05, 0) is 32.9 Å². The van der Waals surface area contributed by atoms with Crippen LogP contribution in [-0.4, -0.2) is 39.9 Å². The van der Waals surface area contributed by atoms with E-state index in [1.807, 2.05) is 20.8 Å². The van der Waals surface area contributed by atoms with Gasteiger partial charge in [-0.25, -0.2) is 4.98 Å². The molecule has 2 N–H and O–H groups in total. The van der Waals surface area contributed by atoms with Crippen molar-refractivity contribution in [2.75, 3.05) is 13.2 Å². The van der Waals surface area contributed by atoms with Crippen LogP contribution in [-0.2, 0) is 0 Å². The average molecular weight is 300 g/mol. The highest BCUT2D eigenvalue weighted by Crippen LogP contribution is 2.21. The summed E-state index contributed by atoms with van der Waals surface area (Å²) in [4.78, 5) is 8.31. The molecule has 2 heterocycles. The molecule has 0 radical (unpaired) electrons. The van der Waals surface area contributed by atoms with Crippen LogP contribution >= 0.6 is 0 Å². The topological polar surface area (TPSA) is 91.1 Å². The van der Waals surface area contributed by atoms with Crippen LogP contribution in [0.1, 0.15) is 26.3 Å². The molecule has 0 saturated heterocycles. The Hall–Kier alpha value is -2.23. The number of nitrogens with one attached hydrogen (secondary N) is 1. The lowest BCUT2D eigenvalue weighted by atomic mass is 10.1. The number of hydrogen-bond acceptors (Lipinski definition) is 6. The Morgan fingerprint density at radius 3 is 2.91 bits per heavy atom. The Morgan fingerprint density at radius 2 is 2.23 bits per heavy atom. The predicted octanol–water partition coefficient (Wildman–Crippen LogP) is 1.63. The maximum Gasteiger partial charge on any atom is 0.232 e. The molecule has 2 rings (SSSR count). The zero-order chi connectivity index (χ0) is 16.2. The molecule has 116 valence electrons. The van der Waals surface area contributed by atoms with Crippen molar-refractivity contribution in [2.24, 2.45) is 0 Å². The van der Waals surface area contributed by atoms with E-state index in [0.717, 1.165) is 5.39 Å². The summed E-state index contributed by atoms with van der Waals surface area (Å²) in [5.74, 6) is 0.232. The van der Waals surface area contributed by atoms with Crippen molar-refractivity contribution in [3.8, 4) is 11.9 Å². The van der Waals surface area contributed by atoms with Crippen LogP contribution in [0.2, 0.25) is 0 Å². The molecule has 0 fully saturated rings. The van der Waals surface area contributed by atoms with Crippen LogP contribution in [0, 0.1) is 11.3 Å². The zero-order valence-electron chi connectivity index (χ0n) is 13.0. The molecule has 2 aromatic rings. The van der Waals surface area contributed by atoms with Gasteiger partial charge in [-0.1, -0.05) is 0 Å². The molecule has 0 saturated carbocycles. The van der Waals surface area contributed by atoms with Gasteiger partial charge in [0.2, 0.25) is 5.88 Å². The first-order valence-corrected chi connectivity index (χ1v) is 7.10. The van der Waals surface area contributed by atoms with Gasteiger partial charge in [-0.2, -0.15) is 5.26 Å². The smallest absolute Gasteiger partial charge is 0.232 e. The van der Waals surface area contributed by atoms with Crippen LogP contribution in [0.3, 0.4) is 0 Å². The maximum atomic E-state index is 9.94. The Kier molecular flexibility index (Phi) is 4.91. The molecule has 22 heavy (non-hydrogen) atoms. The standard InChI is InChI=1S/C16H20N4O2/c1-16(2,3)19-9-13(21)10-22-15-11(7-17)6-12-8-18-5-4-14(12)20-15/h4-6,8,13,19,21H,9-10H2,1-3H3/t13-/m0/s1. The zero-order valence-corrected chi connectivity index (χ0v) is 13.0. The highest BCUT2D eigenvalue weighted by molar-refractivity contribution is 5.79. The van der Waals surface area contributed by atoms with E-state index < -0.39 is 6.10 Å². The lowest BCUT2D eigenvalue weighted by Crippen LogP contribution is -2.42. The molecule has 0 aliphatic rings. The number of fused-ring (bicyclic) bond motifs is 1. The highest BCUT2D eigenvalue weighted by atomic mass is 16.5. The number of ether oxygens (including phenoxy) is 1. The summed E-state index contributed by atoms with van der Waals surface area (Å²) < 4.78 is 5.52. The normalized spacial score (nSPS) is 12.9. The predicted molar refractivity (Wildman–Crippen MR) is 83.5 cm³/mol. The van der Waals surface area contributed by atoms with E-state index >= 15 is 0 Å². The van der Waals surface area contributed by atoms with Crippen molar-refractivity contribution in [3.05, 3.63) is 30.1 Å². The fourth-order valence-corrected chi connectivity index (χ4v) is 1.85. The molecule has 0 aliphatic carbocycles. The summed E-state index contributed by atoms with van der Waals surface area (Å²) in [5.41, 5.74) is 0.954. The monoisotopic (exact) mass is 300 g/mol. The Balaban J connectivity index is 2.06. The number of aromatic nitrogens is 2. The summed E-state index contributed by atoms with van der Waals surface area (Å²) >= 11 is 0. The van der Waals surface area contributed by atoms with Gasteiger partial charge in [0, 0.05) is 29.9 Å². The summed E-state index contributed by atoms with van der Waals surface area (Å²) in [7, 11) is 0. The Labute approximate surface area is 129 Å². The first kappa shape index (κ1) is 16.1. The molecule has 0 bridgehead atoms. The van der Waals surface area contributed by atoms with Crippen molar-refractivity contribution < 1.29 is 9.84 Å². The lowest BCUT2D eigenvalue weighted by molar-refractivity contribution is 0.0978. The second-order valence-corrected chi connectivity index (χ2v) is 6.12. The van der Waals surface area contributed by atoms with E-state index in [-0.39, 0.29) is 18.0 Å². The number of nitriles is 1. The molecular formula is C16H20N4O2. The Bertz CT molecular complexity index is 689. The number of hydrogen-bond donors (Lipinski definition) is 2. The van der Waals surface area contributed by atoms with Gasteiger partial charge in [0.15, 0.2) is 0 Å². The van der Waals surface area contributed by atoms with E-state index in [4.69, 9.17) is 4.74 Å².